The third-order valence-corrected chi connectivity index (χ3v) is 3.54. The minimum atomic E-state index is -0.564. The van der Waals surface area contributed by atoms with Gasteiger partial charge in [0.05, 0.1) is 31.4 Å². The second kappa shape index (κ2) is 5.63. The molecule has 0 spiro atoms. The number of morpholine rings is 1. The van der Waals surface area contributed by atoms with Gasteiger partial charge in [-0.3, -0.25) is 4.79 Å². The maximum atomic E-state index is 12.7. The van der Waals surface area contributed by atoms with E-state index >= 15 is 0 Å². The monoisotopic (exact) mass is 289 g/mol. The topological polar surface area (TPSA) is 95.5 Å². The van der Waals surface area contributed by atoms with E-state index in [2.05, 4.69) is 9.97 Å². The molecule has 0 radical (unpaired) electrons. The van der Waals surface area contributed by atoms with Crippen molar-refractivity contribution in [1.29, 1.82) is 0 Å². The van der Waals surface area contributed by atoms with E-state index in [-0.39, 0.29) is 24.8 Å². The fraction of sp³-hybridized carbons (Fsp3) is 0.357. The van der Waals surface area contributed by atoms with Crippen LogP contribution in [0.4, 0.5) is 0 Å². The lowest BCUT2D eigenvalue weighted by molar-refractivity contribution is -0.0185. The molecule has 21 heavy (non-hydrogen) atoms. The second-order valence-electron chi connectivity index (χ2n) is 4.85. The van der Waals surface area contributed by atoms with Gasteiger partial charge in [0, 0.05) is 11.9 Å². The van der Waals surface area contributed by atoms with Gasteiger partial charge in [0.1, 0.15) is 5.69 Å². The Bertz CT molecular complexity index is 727. The lowest BCUT2D eigenvalue weighted by Crippen LogP contribution is -2.51. The summed E-state index contributed by atoms with van der Waals surface area (Å²) in [6.07, 6.45) is 0. The Morgan fingerprint density at radius 3 is 3.10 bits per heavy atom. The van der Waals surface area contributed by atoms with Crippen LogP contribution >= 0.6 is 0 Å². The first kappa shape index (κ1) is 13.7. The minimum absolute atomic E-state index is 0.106. The lowest BCUT2D eigenvalue weighted by Gasteiger charge is -2.34. The molecule has 1 aliphatic rings. The average Bonchev–Trinajstić information content (AvgIpc) is 2.53. The van der Waals surface area contributed by atoms with Crippen molar-refractivity contribution >= 4 is 16.8 Å². The summed E-state index contributed by atoms with van der Waals surface area (Å²) < 4.78 is 5.26. The summed E-state index contributed by atoms with van der Waals surface area (Å²) in [6, 6.07) is 6.60. The summed E-state index contributed by atoms with van der Waals surface area (Å²) >= 11 is 0. The highest BCUT2D eigenvalue weighted by atomic mass is 16.5. The Morgan fingerprint density at radius 2 is 2.29 bits per heavy atom. The molecule has 0 saturated carbocycles. The first-order chi connectivity index (χ1) is 10.2. The molecule has 0 bridgehead atoms. The average molecular weight is 289 g/mol. The summed E-state index contributed by atoms with van der Waals surface area (Å²) in [4.78, 5) is 32.2. The zero-order valence-corrected chi connectivity index (χ0v) is 11.3. The highest BCUT2D eigenvalue weighted by Gasteiger charge is 2.29. The van der Waals surface area contributed by atoms with Gasteiger partial charge >= 0.3 is 5.69 Å². The van der Waals surface area contributed by atoms with E-state index in [1.54, 1.807) is 24.3 Å². The first-order valence-electron chi connectivity index (χ1n) is 6.69. The van der Waals surface area contributed by atoms with Gasteiger partial charge in [0.15, 0.2) is 0 Å². The second-order valence-corrected chi connectivity index (χ2v) is 4.85. The Kier molecular flexibility index (Phi) is 3.68. The quantitative estimate of drug-likeness (QED) is 0.795. The summed E-state index contributed by atoms with van der Waals surface area (Å²) in [5, 5.41) is 9.95. The lowest BCUT2D eigenvalue weighted by atomic mass is 10.1. The van der Waals surface area contributed by atoms with Crippen LogP contribution < -0.4 is 5.69 Å². The predicted octanol–water partition coefficient (Wildman–Crippen LogP) is -0.244. The van der Waals surface area contributed by atoms with E-state index < -0.39 is 11.7 Å². The molecular formula is C14H15N3O4. The first-order valence-corrected chi connectivity index (χ1v) is 6.69. The summed E-state index contributed by atoms with van der Waals surface area (Å²) in [7, 11) is 0. The molecule has 2 heterocycles. The molecule has 2 aromatic rings. The number of nitrogens with one attached hydrogen (secondary N) is 1. The third-order valence-electron chi connectivity index (χ3n) is 3.54. The van der Waals surface area contributed by atoms with Crippen molar-refractivity contribution < 1.29 is 14.6 Å². The van der Waals surface area contributed by atoms with Crippen LogP contribution in [-0.2, 0) is 4.74 Å². The van der Waals surface area contributed by atoms with Crippen molar-refractivity contribution in [2.75, 3.05) is 26.4 Å². The molecule has 2 N–H and O–H groups in total. The Labute approximate surface area is 120 Å². The molecule has 1 aromatic carbocycles. The molecule has 1 atom stereocenters. The fourth-order valence-electron chi connectivity index (χ4n) is 2.48. The number of aromatic amines is 1. The van der Waals surface area contributed by atoms with Crippen LogP contribution in [0.5, 0.6) is 0 Å². The molecule has 3 rings (SSSR count). The van der Waals surface area contributed by atoms with Crippen molar-refractivity contribution in [2.24, 2.45) is 0 Å². The number of rotatable bonds is 2. The number of hydrogen-bond acceptors (Lipinski definition) is 5. The van der Waals surface area contributed by atoms with E-state index in [0.717, 1.165) is 0 Å². The van der Waals surface area contributed by atoms with Crippen LogP contribution in [0.3, 0.4) is 0 Å². The third kappa shape index (κ3) is 2.53. The largest absolute Gasteiger partial charge is 0.394 e. The van der Waals surface area contributed by atoms with E-state index in [1.807, 2.05) is 0 Å². The summed E-state index contributed by atoms with van der Waals surface area (Å²) in [5.74, 6) is -0.361. The smallest absolute Gasteiger partial charge is 0.346 e. The van der Waals surface area contributed by atoms with Crippen LogP contribution in [0.1, 0.15) is 10.5 Å². The van der Waals surface area contributed by atoms with Crippen LogP contribution in [0.2, 0.25) is 0 Å². The number of nitrogens with zero attached hydrogens (tertiary/aromatic N) is 2. The van der Waals surface area contributed by atoms with Crippen molar-refractivity contribution in [3.8, 4) is 0 Å². The number of carbonyl (C=O) groups is 1. The summed E-state index contributed by atoms with van der Waals surface area (Å²) in [6.45, 7) is 0.868. The normalized spacial score (nSPS) is 18.9. The van der Waals surface area contributed by atoms with Gasteiger partial charge in [-0.2, -0.15) is 4.98 Å². The number of carbonyl (C=O) groups excluding carboxylic acids is 1. The van der Waals surface area contributed by atoms with Gasteiger partial charge in [-0.25, -0.2) is 4.79 Å². The van der Waals surface area contributed by atoms with Gasteiger partial charge in [-0.05, 0) is 6.07 Å². The molecule has 1 fully saturated rings. The zero-order chi connectivity index (χ0) is 14.8. The number of ether oxygens (including phenoxy) is 1. The number of aliphatic hydroxyl groups is 1. The van der Waals surface area contributed by atoms with Gasteiger partial charge in [-0.1, -0.05) is 18.2 Å². The minimum Gasteiger partial charge on any atom is -0.394 e. The summed E-state index contributed by atoms with van der Waals surface area (Å²) in [5.41, 5.74) is 0.107. The molecule has 1 saturated heterocycles. The molecule has 1 aromatic heterocycles. The van der Waals surface area contributed by atoms with Crippen molar-refractivity contribution in [2.45, 2.75) is 6.04 Å². The van der Waals surface area contributed by atoms with E-state index in [1.165, 1.54) is 4.90 Å². The predicted molar refractivity (Wildman–Crippen MR) is 75.1 cm³/mol. The number of amides is 1. The Balaban J connectivity index is 2.07. The number of hydrogen-bond donors (Lipinski definition) is 2. The molecule has 0 unspecified atom stereocenters. The Hall–Kier alpha value is -2.25. The fourth-order valence-corrected chi connectivity index (χ4v) is 2.48. The molecule has 7 nitrogen and oxygen atoms in total. The number of aromatic nitrogens is 2. The van der Waals surface area contributed by atoms with Gasteiger partial charge in [0.25, 0.3) is 5.91 Å². The number of fused-ring (bicyclic) bond motifs is 1. The number of benzene rings is 1. The van der Waals surface area contributed by atoms with Crippen LogP contribution in [0, 0.1) is 0 Å². The van der Waals surface area contributed by atoms with Gasteiger partial charge in [-0.15, -0.1) is 0 Å². The molecule has 0 aliphatic carbocycles. The van der Waals surface area contributed by atoms with Gasteiger partial charge < -0.3 is 19.7 Å². The van der Waals surface area contributed by atoms with Crippen LogP contribution in [0.15, 0.2) is 29.1 Å². The van der Waals surface area contributed by atoms with Crippen LogP contribution in [0.25, 0.3) is 10.9 Å². The van der Waals surface area contributed by atoms with E-state index in [9.17, 15) is 14.7 Å². The molecule has 1 aliphatic heterocycles. The van der Waals surface area contributed by atoms with Gasteiger partial charge in [0.2, 0.25) is 0 Å². The molecular weight excluding hydrogens is 274 g/mol. The van der Waals surface area contributed by atoms with Crippen LogP contribution in [-0.4, -0.2) is 58.3 Å². The van der Waals surface area contributed by atoms with E-state index in [4.69, 9.17) is 4.74 Å². The SMILES string of the molecule is O=C(c1nc(=O)[nH]c2ccccc12)N1CCOC[C@H]1CO. The van der Waals surface area contributed by atoms with Crippen molar-refractivity contribution in [1.82, 2.24) is 14.9 Å². The molecule has 1 amide bonds. The van der Waals surface area contributed by atoms with Crippen molar-refractivity contribution in [3.05, 3.63) is 40.4 Å². The number of aliphatic hydroxyl groups excluding tert-OH is 1. The number of para-hydroxylation sites is 1. The standard InChI is InChI=1S/C14H15N3O4/c18-7-9-8-21-6-5-17(9)13(19)12-10-3-1-2-4-11(10)15-14(20)16-12/h1-4,9,18H,5-8H2,(H,15,16,20)/t9-/m1/s1. The van der Waals surface area contributed by atoms with Crippen molar-refractivity contribution in [3.63, 3.8) is 0 Å². The maximum absolute atomic E-state index is 12.7. The molecule has 110 valence electrons. The Morgan fingerprint density at radius 1 is 1.48 bits per heavy atom. The van der Waals surface area contributed by atoms with E-state index in [0.29, 0.717) is 24.1 Å². The zero-order valence-electron chi connectivity index (χ0n) is 11.3. The highest BCUT2D eigenvalue weighted by molar-refractivity contribution is 6.04. The maximum Gasteiger partial charge on any atom is 0.346 e. The molecule has 7 heteroatoms. The number of H-pyrrole nitrogens is 1. The highest BCUT2D eigenvalue weighted by Crippen LogP contribution is 2.17.